The molecule has 0 aromatic carbocycles. The minimum absolute atomic E-state index is 0.924. The first-order valence-corrected chi connectivity index (χ1v) is 5.28. The van der Waals surface area contributed by atoms with Gasteiger partial charge in [0.2, 0.25) is 0 Å². The molecule has 0 radical (unpaired) electrons. The van der Waals surface area contributed by atoms with Gasteiger partial charge in [0.25, 0.3) is 0 Å². The number of aromatic nitrogens is 1. The van der Waals surface area contributed by atoms with Crippen LogP contribution >= 0.6 is 0 Å². The van der Waals surface area contributed by atoms with Gasteiger partial charge in [-0.25, -0.2) is 0 Å². The Hall–Kier alpha value is -1.24. The zero-order valence-electron chi connectivity index (χ0n) is 8.58. The fourth-order valence-corrected chi connectivity index (χ4v) is 0.701. The Morgan fingerprint density at radius 2 is 1.93 bits per heavy atom. The Bertz CT molecular complexity index is 364. The van der Waals surface area contributed by atoms with Crippen molar-refractivity contribution in [2.75, 3.05) is 14.2 Å². The monoisotopic (exact) mass is 231 g/mol. The molecule has 5 nitrogen and oxygen atoms in total. The van der Waals surface area contributed by atoms with Gasteiger partial charge in [0.05, 0.1) is 19.9 Å². The highest BCUT2D eigenvalue weighted by molar-refractivity contribution is 7.81. The predicted molar refractivity (Wildman–Crippen MR) is 57.3 cm³/mol. The topological polar surface area (TPSA) is 65.5 Å². The van der Waals surface area contributed by atoms with Gasteiger partial charge in [-0.1, -0.05) is 12.6 Å². The first-order valence-electron chi connectivity index (χ1n) is 3.95. The Kier molecular flexibility index (Phi) is 6.52. The van der Waals surface area contributed by atoms with Crippen molar-refractivity contribution in [2.24, 2.45) is 0 Å². The van der Waals surface area contributed by atoms with Crippen molar-refractivity contribution in [3.05, 3.63) is 36.7 Å². The molecule has 0 aliphatic heterocycles. The van der Waals surface area contributed by atoms with E-state index >= 15 is 0 Å². The van der Waals surface area contributed by atoms with Crippen LogP contribution in [0.4, 0.5) is 0 Å². The number of rotatable bonds is 3. The SMILES string of the molecule is C=Cc1ccccn1.COS(=O)(=O)OC. The van der Waals surface area contributed by atoms with Gasteiger partial charge in [0.1, 0.15) is 0 Å². The van der Waals surface area contributed by atoms with Crippen LogP contribution < -0.4 is 0 Å². The van der Waals surface area contributed by atoms with Crippen LogP contribution in [-0.4, -0.2) is 27.6 Å². The van der Waals surface area contributed by atoms with Gasteiger partial charge in [0.15, 0.2) is 0 Å². The highest BCUT2D eigenvalue weighted by Gasteiger charge is 2.01. The summed E-state index contributed by atoms with van der Waals surface area (Å²) in [6.45, 7) is 3.57. The molecule has 1 rings (SSSR count). The lowest BCUT2D eigenvalue weighted by molar-refractivity contribution is 0.286. The minimum Gasteiger partial charge on any atom is -0.257 e. The van der Waals surface area contributed by atoms with Crippen LogP contribution in [0.15, 0.2) is 31.0 Å². The molecular weight excluding hydrogens is 218 g/mol. The van der Waals surface area contributed by atoms with E-state index in [-0.39, 0.29) is 0 Å². The Labute approximate surface area is 89.7 Å². The van der Waals surface area contributed by atoms with E-state index < -0.39 is 10.4 Å². The number of pyridine rings is 1. The molecule has 0 aliphatic carbocycles. The normalized spacial score (nSPS) is 10.0. The van der Waals surface area contributed by atoms with E-state index in [1.807, 2.05) is 18.2 Å². The molecule has 0 aliphatic rings. The fraction of sp³-hybridized carbons (Fsp3) is 0.222. The van der Waals surface area contributed by atoms with E-state index in [4.69, 9.17) is 0 Å². The van der Waals surface area contributed by atoms with Crippen molar-refractivity contribution in [2.45, 2.75) is 0 Å². The molecule has 15 heavy (non-hydrogen) atoms. The van der Waals surface area contributed by atoms with E-state index in [2.05, 4.69) is 19.9 Å². The largest absolute Gasteiger partial charge is 0.399 e. The van der Waals surface area contributed by atoms with E-state index in [9.17, 15) is 8.42 Å². The van der Waals surface area contributed by atoms with Crippen LogP contribution in [0, 0.1) is 0 Å². The second-order valence-electron chi connectivity index (χ2n) is 2.20. The highest BCUT2D eigenvalue weighted by Crippen LogP contribution is 1.91. The van der Waals surface area contributed by atoms with Crippen molar-refractivity contribution in [1.82, 2.24) is 4.98 Å². The maximum absolute atomic E-state index is 9.92. The summed E-state index contributed by atoms with van der Waals surface area (Å²) in [6, 6.07) is 5.73. The Morgan fingerprint density at radius 3 is 2.13 bits per heavy atom. The number of nitrogens with zero attached hydrogens (tertiary/aromatic N) is 1. The van der Waals surface area contributed by atoms with Gasteiger partial charge >= 0.3 is 10.4 Å². The van der Waals surface area contributed by atoms with Crippen molar-refractivity contribution < 1.29 is 16.8 Å². The average molecular weight is 231 g/mol. The summed E-state index contributed by atoms with van der Waals surface area (Å²) in [5, 5.41) is 0. The maximum Gasteiger partial charge on any atom is 0.399 e. The third kappa shape index (κ3) is 6.78. The van der Waals surface area contributed by atoms with Crippen molar-refractivity contribution in [3.8, 4) is 0 Å². The highest BCUT2D eigenvalue weighted by atomic mass is 32.3. The van der Waals surface area contributed by atoms with Crippen LogP contribution in [0.3, 0.4) is 0 Å². The molecule has 0 saturated heterocycles. The van der Waals surface area contributed by atoms with Gasteiger partial charge in [-0.2, -0.15) is 8.42 Å². The molecule has 6 heteroatoms. The van der Waals surface area contributed by atoms with E-state index in [1.54, 1.807) is 12.3 Å². The smallest absolute Gasteiger partial charge is 0.257 e. The second-order valence-corrected chi connectivity index (χ2v) is 3.68. The molecule has 0 spiro atoms. The average Bonchev–Trinajstić information content (AvgIpc) is 2.31. The molecule has 0 N–H and O–H groups in total. The van der Waals surface area contributed by atoms with Crippen LogP contribution in [0.1, 0.15) is 5.69 Å². The first kappa shape index (κ1) is 13.8. The van der Waals surface area contributed by atoms with Crippen molar-refractivity contribution >= 4 is 16.5 Å². The summed E-state index contributed by atoms with van der Waals surface area (Å²) >= 11 is 0. The Balaban J connectivity index is 0.000000265. The summed E-state index contributed by atoms with van der Waals surface area (Å²) in [6.07, 6.45) is 3.47. The standard InChI is InChI=1S/C7H7N.C2H6O4S/c1-2-7-5-3-4-6-8-7;1-5-7(3,4)6-2/h2-6H,1H2;1-2H3. The van der Waals surface area contributed by atoms with Crippen LogP contribution in [0.25, 0.3) is 6.08 Å². The molecule has 84 valence electrons. The fourth-order valence-electron chi connectivity index (χ4n) is 0.565. The van der Waals surface area contributed by atoms with Gasteiger partial charge in [-0.15, -0.1) is 0 Å². The minimum atomic E-state index is -3.66. The summed E-state index contributed by atoms with van der Waals surface area (Å²) in [5.41, 5.74) is 0.924. The van der Waals surface area contributed by atoms with Gasteiger partial charge in [0, 0.05) is 6.20 Å². The molecule has 1 heterocycles. The zero-order valence-corrected chi connectivity index (χ0v) is 9.40. The number of hydrogen-bond acceptors (Lipinski definition) is 5. The van der Waals surface area contributed by atoms with Crippen LogP contribution in [0.2, 0.25) is 0 Å². The van der Waals surface area contributed by atoms with Gasteiger partial charge in [-0.05, 0) is 18.2 Å². The third-order valence-electron chi connectivity index (χ3n) is 1.31. The molecule has 1 aromatic rings. The van der Waals surface area contributed by atoms with Crippen molar-refractivity contribution in [3.63, 3.8) is 0 Å². The van der Waals surface area contributed by atoms with Gasteiger partial charge in [-0.3, -0.25) is 13.4 Å². The third-order valence-corrected chi connectivity index (χ3v) is 2.12. The molecule has 0 amide bonds. The Morgan fingerprint density at radius 1 is 1.33 bits per heavy atom. The lowest BCUT2D eigenvalue weighted by Crippen LogP contribution is -2.02. The zero-order chi connectivity index (χ0) is 11.7. The first-order chi connectivity index (χ1) is 7.05. The van der Waals surface area contributed by atoms with Crippen LogP contribution in [0.5, 0.6) is 0 Å². The molecular formula is C9H13NO4S. The summed E-state index contributed by atoms with van der Waals surface area (Å²) in [5.74, 6) is 0. The van der Waals surface area contributed by atoms with E-state index in [0.29, 0.717) is 0 Å². The molecule has 0 bridgehead atoms. The maximum atomic E-state index is 9.92. The molecule has 0 atom stereocenters. The van der Waals surface area contributed by atoms with E-state index in [1.165, 1.54) is 0 Å². The molecule has 0 unspecified atom stereocenters. The van der Waals surface area contributed by atoms with Crippen molar-refractivity contribution in [1.29, 1.82) is 0 Å². The van der Waals surface area contributed by atoms with Crippen LogP contribution in [-0.2, 0) is 18.8 Å². The predicted octanol–water partition coefficient (Wildman–Crippen LogP) is 1.25. The van der Waals surface area contributed by atoms with E-state index in [0.717, 1.165) is 19.9 Å². The summed E-state index contributed by atoms with van der Waals surface area (Å²) in [7, 11) is -1.60. The summed E-state index contributed by atoms with van der Waals surface area (Å²) in [4.78, 5) is 3.98. The lowest BCUT2D eigenvalue weighted by atomic mass is 10.4. The number of hydrogen-bond donors (Lipinski definition) is 0. The van der Waals surface area contributed by atoms with Gasteiger partial charge < -0.3 is 0 Å². The quantitative estimate of drug-likeness (QED) is 0.783. The molecule has 0 saturated carbocycles. The molecule has 1 aromatic heterocycles. The summed E-state index contributed by atoms with van der Waals surface area (Å²) < 4.78 is 27.5. The molecule has 0 fully saturated rings. The second kappa shape index (κ2) is 7.10. The lowest BCUT2D eigenvalue weighted by Gasteiger charge is -1.91.